The van der Waals surface area contributed by atoms with Crippen LogP contribution >= 0.6 is 0 Å². The lowest BCUT2D eigenvalue weighted by molar-refractivity contribution is -0.119. The lowest BCUT2D eigenvalue weighted by Gasteiger charge is -2.17. The number of rotatable bonds is 7. The highest BCUT2D eigenvalue weighted by Gasteiger charge is 2.17. The van der Waals surface area contributed by atoms with E-state index in [0.717, 1.165) is 6.07 Å². The standard InChI is InChI=1S/C21H19F2N7O2.H2/c1-12(14-5-4-13(22)8-16(14)23)26-18-9-17(27-21(28-18)29-19(31)11-32-2)15-10-25-30-7-3-6-24-20(15)30;/h3-10,12H,11H2,1-2H3,(H2,26,27,28,29,31);1H/t12-;/m0./s1. The molecular weight excluding hydrogens is 420 g/mol. The topological polar surface area (TPSA) is 106 Å². The number of ether oxygens (including phenoxy) is 1. The molecule has 3 heterocycles. The van der Waals surface area contributed by atoms with Crippen molar-refractivity contribution in [2.45, 2.75) is 13.0 Å². The Morgan fingerprint density at radius 3 is 2.91 bits per heavy atom. The van der Waals surface area contributed by atoms with Crippen LogP contribution < -0.4 is 10.6 Å². The molecule has 1 aromatic carbocycles. The fourth-order valence-corrected chi connectivity index (χ4v) is 3.17. The summed E-state index contributed by atoms with van der Waals surface area (Å²) in [5.74, 6) is -1.44. The molecule has 0 bridgehead atoms. The predicted octanol–water partition coefficient (Wildman–Crippen LogP) is 3.47. The van der Waals surface area contributed by atoms with Gasteiger partial charge in [0.2, 0.25) is 5.95 Å². The molecular formula is C21H21F2N7O2. The molecule has 4 rings (SSSR count). The zero-order valence-electron chi connectivity index (χ0n) is 17.2. The summed E-state index contributed by atoms with van der Waals surface area (Å²) in [6.45, 7) is 1.53. The van der Waals surface area contributed by atoms with Gasteiger partial charge in [-0.05, 0) is 19.1 Å². The third-order valence-corrected chi connectivity index (χ3v) is 4.60. The molecule has 0 aliphatic rings. The van der Waals surface area contributed by atoms with Crippen molar-refractivity contribution >= 4 is 23.3 Å². The number of hydrogen-bond acceptors (Lipinski definition) is 7. The Hall–Kier alpha value is -3.99. The number of carbonyl (C=O) groups excluding carboxylic acids is 1. The van der Waals surface area contributed by atoms with E-state index in [0.29, 0.717) is 22.7 Å². The maximum atomic E-state index is 14.2. The van der Waals surface area contributed by atoms with Crippen molar-refractivity contribution in [2.24, 2.45) is 0 Å². The number of methoxy groups -OCH3 is 1. The summed E-state index contributed by atoms with van der Waals surface area (Å²) < 4.78 is 33.9. The summed E-state index contributed by atoms with van der Waals surface area (Å²) in [6.07, 6.45) is 4.96. The van der Waals surface area contributed by atoms with Gasteiger partial charge in [0.15, 0.2) is 5.65 Å². The second-order valence-corrected chi connectivity index (χ2v) is 6.92. The van der Waals surface area contributed by atoms with Gasteiger partial charge in [-0.3, -0.25) is 10.1 Å². The van der Waals surface area contributed by atoms with Gasteiger partial charge in [0.1, 0.15) is 24.1 Å². The molecule has 0 aliphatic heterocycles. The van der Waals surface area contributed by atoms with Crippen molar-refractivity contribution in [1.82, 2.24) is 24.6 Å². The van der Waals surface area contributed by atoms with Gasteiger partial charge in [0.05, 0.1) is 23.5 Å². The Morgan fingerprint density at radius 2 is 2.12 bits per heavy atom. The molecule has 0 saturated carbocycles. The van der Waals surface area contributed by atoms with E-state index in [1.54, 1.807) is 42.2 Å². The molecule has 166 valence electrons. The maximum Gasteiger partial charge on any atom is 0.252 e. The molecule has 9 nitrogen and oxygen atoms in total. The fourth-order valence-electron chi connectivity index (χ4n) is 3.17. The molecule has 0 radical (unpaired) electrons. The van der Waals surface area contributed by atoms with Crippen LogP contribution in [0.4, 0.5) is 20.5 Å². The molecule has 2 N–H and O–H groups in total. The normalized spacial score (nSPS) is 12.0. The van der Waals surface area contributed by atoms with E-state index in [4.69, 9.17) is 4.74 Å². The minimum Gasteiger partial charge on any atom is -0.375 e. The first-order chi connectivity index (χ1) is 15.4. The van der Waals surface area contributed by atoms with Crippen LogP contribution in [0.2, 0.25) is 0 Å². The number of amides is 1. The quantitative estimate of drug-likeness (QED) is 0.452. The molecule has 0 fully saturated rings. The summed E-state index contributed by atoms with van der Waals surface area (Å²) in [6, 6.07) is 6.19. The van der Waals surface area contributed by atoms with Crippen LogP contribution in [0.25, 0.3) is 16.9 Å². The highest BCUT2D eigenvalue weighted by atomic mass is 19.1. The number of nitrogens with one attached hydrogen (secondary N) is 2. The molecule has 0 aliphatic carbocycles. The van der Waals surface area contributed by atoms with Crippen molar-refractivity contribution in [3.8, 4) is 11.3 Å². The number of nitrogens with zero attached hydrogens (tertiary/aromatic N) is 5. The van der Waals surface area contributed by atoms with Gasteiger partial charge in [-0.15, -0.1) is 0 Å². The van der Waals surface area contributed by atoms with Gasteiger partial charge < -0.3 is 10.1 Å². The van der Waals surface area contributed by atoms with E-state index < -0.39 is 23.6 Å². The average Bonchev–Trinajstić information content (AvgIpc) is 3.18. The largest absolute Gasteiger partial charge is 0.375 e. The summed E-state index contributed by atoms with van der Waals surface area (Å²) in [5.41, 5.74) is 1.87. The second-order valence-electron chi connectivity index (χ2n) is 6.92. The Kier molecular flexibility index (Phi) is 5.99. The summed E-state index contributed by atoms with van der Waals surface area (Å²) in [4.78, 5) is 25.0. The van der Waals surface area contributed by atoms with Crippen LogP contribution in [0.5, 0.6) is 0 Å². The monoisotopic (exact) mass is 441 g/mol. The highest BCUT2D eigenvalue weighted by Crippen LogP contribution is 2.27. The molecule has 0 saturated heterocycles. The third-order valence-electron chi connectivity index (χ3n) is 4.60. The van der Waals surface area contributed by atoms with Gasteiger partial charge in [-0.2, -0.15) is 10.1 Å². The van der Waals surface area contributed by atoms with Crippen LogP contribution in [-0.2, 0) is 9.53 Å². The maximum absolute atomic E-state index is 14.2. The first-order valence-electron chi connectivity index (χ1n) is 9.62. The van der Waals surface area contributed by atoms with E-state index in [9.17, 15) is 13.6 Å². The van der Waals surface area contributed by atoms with Crippen molar-refractivity contribution in [3.05, 3.63) is 66.1 Å². The number of aromatic nitrogens is 5. The number of anilines is 2. The van der Waals surface area contributed by atoms with Gasteiger partial charge in [-0.25, -0.2) is 23.3 Å². The molecule has 32 heavy (non-hydrogen) atoms. The molecule has 3 aromatic heterocycles. The van der Waals surface area contributed by atoms with Gasteiger partial charge in [0, 0.05) is 38.6 Å². The Morgan fingerprint density at radius 1 is 1.28 bits per heavy atom. The molecule has 1 amide bonds. The van der Waals surface area contributed by atoms with Crippen LogP contribution in [0.15, 0.2) is 48.9 Å². The van der Waals surface area contributed by atoms with Crippen molar-refractivity contribution in [2.75, 3.05) is 24.4 Å². The second kappa shape index (κ2) is 9.02. The van der Waals surface area contributed by atoms with Gasteiger partial charge in [0.25, 0.3) is 5.91 Å². The Balaban J connectivity index is 0.00000306. The number of hydrogen-bond donors (Lipinski definition) is 2. The van der Waals surface area contributed by atoms with Gasteiger partial charge >= 0.3 is 0 Å². The lowest BCUT2D eigenvalue weighted by Crippen LogP contribution is -2.19. The number of fused-ring (bicyclic) bond motifs is 1. The van der Waals surface area contributed by atoms with Crippen LogP contribution in [0.1, 0.15) is 20.0 Å². The van der Waals surface area contributed by atoms with Crippen molar-refractivity contribution in [3.63, 3.8) is 0 Å². The van der Waals surface area contributed by atoms with Crippen LogP contribution in [0.3, 0.4) is 0 Å². The minimum atomic E-state index is -0.681. The minimum absolute atomic E-state index is 0. The first kappa shape index (κ1) is 21.2. The van der Waals surface area contributed by atoms with Crippen LogP contribution in [0, 0.1) is 11.6 Å². The van der Waals surface area contributed by atoms with E-state index in [1.807, 2.05) is 0 Å². The summed E-state index contributed by atoms with van der Waals surface area (Å²) >= 11 is 0. The first-order valence-corrected chi connectivity index (χ1v) is 9.62. The van der Waals surface area contributed by atoms with Gasteiger partial charge in [-0.1, -0.05) is 6.07 Å². The fraction of sp³-hybridized carbons (Fsp3) is 0.190. The SMILES string of the molecule is COCC(=O)Nc1nc(N[C@@H](C)c2ccc(F)cc2F)cc(-c2cnn3cccnc23)n1.[HH]. The Bertz CT molecular complexity index is 1280. The molecule has 4 aromatic rings. The van der Waals surface area contributed by atoms with Crippen molar-refractivity contribution in [1.29, 1.82) is 0 Å². The number of benzene rings is 1. The highest BCUT2D eigenvalue weighted by molar-refractivity contribution is 5.90. The smallest absolute Gasteiger partial charge is 0.252 e. The molecule has 0 spiro atoms. The van der Waals surface area contributed by atoms with E-state index in [-0.39, 0.29) is 19.5 Å². The van der Waals surface area contributed by atoms with Crippen LogP contribution in [-0.4, -0.2) is 44.2 Å². The number of halogens is 2. The zero-order valence-corrected chi connectivity index (χ0v) is 17.2. The van der Waals surface area contributed by atoms with E-state index in [2.05, 4.69) is 30.7 Å². The molecule has 11 heteroatoms. The Labute approximate surface area is 183 Å². The number of carbonyl (C=O) groups is 1. The third kappa shape index (κ3) is 4.52. The molecule has 0 unspecified atom stereocenters. The van der Waals surface area contributed by atoms with E-state index in [1.165, 1.54) is 19.2 Å². The predicted molar refractivity (Wildman–Crippen MR) is 115 cm³/mol. The van der Waals surface area contributed by atoms with E-state index >= 15 is 0 Å². The zero-order chi connectivity index (χ0) is 22.7. The summed E-state index contributed by atoms with van der Waals surface area (Å²) in [5, 5.41) is 9.89. The molecule has 1 atom stereocenters. The lowest BCUT2D eigenvalue weighted by atomic mass is 10.1. The average molecular weight is 441 g/mol. The summed E-state index contributed by atoms with van der Waals surface area (Å²) in [7, 11) is 1.40. The van der Waals surface area contributed by atoms with Crippen molar-refractivity contribution < 1.29 is 19.7 Å².